The van der Waals surface area contributed by atoms with Crippen molar-refractivity contribution >= 4 is 17.7 Å². The van der Waals surface area contributed by atoms with Gasteiger partial charge in [0.15, 0.2) is 0 Å². The highest BCUT2D eigenvalue weighted by atomic mass is 16.5. The van der Waals surface area contributed by atoms with Crippen molar-refractivity contribution in [1.82, 2.24) is 4.90 Å². The topological polar surface area (TPSA) is 63.7 Å². The van der Waals surface area contributed by atoms with Gasteiger partial charge in [-0.05, 0) is 31.2 Å². The zero-order valence-corrected chi connectivity index (χ0v) is 16.6. The van der Waals surface area contributed by atoms with Crippen LogP contribution in [0.1, 0.15) is 50.5 Å². The number of piperidine rings is 1. The van der Waals surface area contributed by atoms with Gasteiger partial charge in [-0.25, -0.2) is 0 Å². The molecule has 0 aliphatic carbocycles. The molecule has 28 heavy (non-hydrogen) atoms. The van der Waals surface area contributed by atoms with Crippen molar-refractivity contribution < 1.29 is 19.1 Å². The fourth-order valence-electron chi connectivity index (χ4n) is 3.17. The average Bonchev–Trinajstić information content (AvgIpc) is 2.70. The molecule has 1 aliphatic rings. The predicted molar refractivity (Wildman–Crippen MR) is 108 cm³/mol. The van der Waals surface area contributed by atoms with Crippen molar-refractivity contribution in [3.8, 4) is 0 Å². The van der Waals surface area contributed by atoms with Gasteiger partial charge in [-0.1, -0.05) is 48.6 Å². The van der Waals surface area contributed by atoms with Crippen LogP contribution in [0.2, 0.25) is 0 Å². The summed E-state index contributed by atoms with van der Waals surface area (Å²) in [5.41, 5.74) is 1.95. The van der Waals surface area contributed by atoms with E-state index < -0.39 is 0 Å². The maximum Gasteiger partial charge on any atom is 0.305 e. The molecule has 5 nitrogen and oxygen atoms in total. The van der Waals surface area contributed by atoms with Crippen molar-refractivity contribution in [1.29, 1.82) is 0 Å². The van der Waals surface area contributed by atoms with E-state index in [4.69, 9.17) is 0 Å². The Morgan fingerprint density at radius 2 is 1.93 bits per heavy atom. The van der Waals surface area contributed by atoms with E-state index in [9.17, 15) is 14.4 Å². The fraction of sp³-hybridized carbons (Fsp3) is 0.435. The molecular weight excluding hydrogens is 354 g/mol. The van der Waals surface area contributed by atoms with E-state index in [2.05, 4.69) is 4.74 Å². The third-order valence-electron chi connectivity index (χ3n) is 4.71. The zero-order valence-electron chi connectivity index (χ0n) is 16.6. The minimum atomic E-state index is -0.204. The number of hydrogen-bond acceptors (Lipinski definition) is 4. The number of benzene rings is 1. The van der Waals surface area contributed by atoms with Gasteiger partial charge in [0.05, 0.1) is 7.11 Å². The Morgan fingerprint density at radius 1 is 1.14 bits per heavy atom. The summed E-state index contributed by atoms with van der Waals surface area (Å²) in [6.07, 6.45) is 10.7. The lowest BCUT2D eigenvalue weighted by Gasteiger charge is -2.29. The summed E-state index contributed by atoms with van der Waals surface area (Å²) in [6.45, 7) is 0.510. The lowest BCUT2D eigenvalue weighted by Crippen LogP contribution is -2.33. The predicted octanol–water partition coefficient (Wildman–Crippen LogP) is 3.98. The van der Waals surface area contributed by atoms with Crippen molar-refractivity contribution in [3.63, 3.8) is 0 Å². The molecule has 150 valence electrons. The summed E-state index contributed by atoms with van der Waals surface area (Å²) < 4.78 is 4.61. The monoisotopic (exact) mass is 383 g/mol. The average molecular weight is 383 g/mol. The molecule has 1 aromatic carbocycles. The molecule has 0 radical (unpaired) electrons. The number of esters is 1. The first-order valence-corrected chi connectivity index (χ1v) is 9.87. The van der Waals surface area contributed by atoms with E-state index in [1.807, 2.05) is 48.6 Å². The first-order valence-electron chi connectivity index (χ1n) is 9.87. The largest absolute Gasteiger partial charge is 0.469 e. The van der Waals surface area contributed by atoms with E-state index >= 15 is 0 Å². The number of nitrogens with zero attached hydrogens (tertiary/aromatic N) is 1. The standard InChI is InChI=1S/C23H29NO4/c1-28-23(27)14-7-2-3-8-17-24-20(12-9-13-22(24)26)15-16-21(25)18-19-10-5-4-6-11-19/h3-6,8,10-11,15H,2,7,9,12-14,16-18H2,1H3. The normalized spacial score (nSPS) is 16.0. The number of methoxy groups -OCH3 is 1. The highest BCUT2D eigenvalue weighted by Gasteiger charge is 2.21. The molecule has 1 saturated heterocycles. The molecule has 1 amide bonds. The molecule has 1 heterocycles. The lowest BCUT2D eigenvalue weighted by atomic mass is 10.0. The van der Waals surface area contributed by atoms with Crippen LogP contribution >= 0.6 is 0 Å². The Hall–Kier alpha value is -2.69. The minimum absolute atomic E-state index is 0.104. The number of ketones is 1. The van der Waals surface area contributed by atoms with Crippen LogP contribution in [0.4, 0.5) is 0 Å². The van der Waals surface area contributed by atoms with Crippen molar-refractivity contribution in [2.45, 2.75) is 51.4 Å². The van der Waals surface area contributed by atoms with Gasteiger partial charge in [-0.3, -0.25) is 14.4 Å². The van der Waals surface area contributed by atoms with Crippen LogP contribution < -0.4 is 0 Å². The number of unbranched alkanes of at least 4 members (excludes halogenated alkanes) is 1. The maximum absolute atomic E-state index is 12.3. The Morgan fingerprint density at radius 3 is 2.68 bits per heavy atom. The maximum atomic E-state index is 12.3. The number of carbonyl (C=O) groups excluding carboxylic acids is 3. The first-order chi connectivity index (χ1) is 13.6. The highest BCUT2D eigenvalue weighted by Crippen LogP contribution is 2.22. The number of ether oxygens (including phenoxy) is 1. The lowest BCUT2D eigenvalue weighted by molar-refractivity contribution is -0.140. The van der Waals surface area contributed by atoms with Crippen LogP contribution in [0.25, 0.3) is 0 Å². The van der Waals surface area contributed by atoms with E-state index in [0.29, 0.717) is 32.2 Å². The molecule has 0 unspecified atom stereocenters. The van der Waals surface area contributed by atoms with Gasteiger partial charge in [0.2, 0.25) is 5.91 Å². The first kappa shape index (κ1) is 21.6. The summed E-state index contributed by atoms with van der Waals surface area (Å²) in [5.74, 6) is 0.0484. The van der Waals surface area contributed by atoms with Gasteiger partial charge in [-0.2, -0.15) is 0 Å². The summed E-state index contributed by atoms with van der Waals surface area (Å²) in [6, 6.07) is 9.70. The van der Waals surface area contributed by atoms with Gasteiger partial charge in [0.1, 0.15) is 5.78 Å². The van der Waals surface area contributed by atoms with Crippen LogP contribution in [0, 0.1) is 0 Å². The molecule has 1 fully saturated rings. The number of hydrogen-bond donors (Lipinski definition) is 0. The molecule has 5 heteroatoms. The third-order valence-corrected chi connectivity index (χ3v) is 4.71. The minimum Gasteiger partial charge on any atom is -0.469 e. The van der Waals surface area contributed by atoms with Crippen molar-refractivity contribution in [2.24, 2.45) is 0 Å². The van der Waals surface area contributed by atoms with Gasteiger partial charge in [-0.15, -0.1) is 0 Å². The summed E-state index contributed by atoms with van der Waals surface area (Å²) in [7, 11) is 1.39. The number of amides is 1. The molecule has 1 aliphatic heterocycles. The van der Waals surface area contributed by atoms with E-state index in [-0.39, 0.29) is 17.7 Å². The number of carbonyl (C=O) groups is 3. The molecule has 0 atom stereocenters. The molecule has 1 aromatic rings. The second-order valence-corrected chi connectivity index (χ2v) is 6.90. The number of rotatable bonds is 10. The summed E-state index contributed by atoms with van der Waals surface area (Å²) >= 11 is 0. The molecule has 0 bridgehead atoms. The summed E-state index contributed by atoms with van der Waals surface area (Å²) in [4.78, 5) is 37.4. The number of likely N-dealkylation sites (tertiary alicyclic amines) is 1. The van der Waals surface area contributed by atoms with E-state index in [1.54, 1.807) is 4.90 Å². The van der Waals surface area contributed by atoms with Crippen LogP contribution in [0.5, 0.6) is 0 Å². The highest BCUT2D eigenvalue weighted by molar-refractivity contribution is 5.83. The third kappa shape index (κ3) is 7.51. The van der Waals surface area contributed by atoms with E-state index in [0.717, 1.165) is 36.9 Å². The van der Waals surface area contributed by atoms with E-state index in [1.165, 1.54) is 7.11 Å². The van der Waals surface area contributed by atoms with Crippen LogP contribution in [0.15, 0.2) is 54.3 Å². The Labute approximate surface area is 167 Å². The van der Waals surface area contributed by atoms with Crippen LogP contribution in [-0.2, 0) is 25.5 Å². The number of allylic oxidation sites excluding steroid dienone is 3. The Bertz CT molecular complexity index is 721. The van der Waals surface area contributed by atoms with Crippen molar-refractivity contribution in [3.05, 3.63) is 59.8 Å². The number of Topliss-reactive ketones (excluding diaryl/α,β-unsaturated/α-hetero) is 1. The SMILES string of the molecule is COC(=O)CCCC=CCN1C(=O)CCCC1=CCC(=O)Cc1ccccc1. The second-order valence-electron chi connectivity index (χ2n) is 6.90. The van der Waals surface area contributed by atoms with Gasteiger partial charge in [0, 0.05) is 37.9 Å². The quantitative estimate of drug-likeness (QED) is 0.348. The second kappa shape index (κ2) is 11.9. The smallest absolute Gasteiger partial charge is 0.305 e. The molecule has 0 N–H and O–H groups in total. The Kier molecular flexibility index (Phi) is 9.19. The van der Waals surface area contributed by atoms with Crippen molar-refractivity contribution in [2.75, 3.05) is 13.7 Å². The summed E-state index contributed by atoms with van der Waals surface area (Å²) in [5, 5.41) is 0. The van der Waals surface area contributed by atoms with Crippen LogP contribution in [-0.4, -0.2) is 36.2 Å². The molecule has 0 saturated carbocycles. The molecule has 0 aromatic heterocycles. The van der Waals surface area contributed by atoms with Gasteiger partial charge in [0.25, 0.3) is 0 Å². The Balaban J connectivity index is 1.84. The molecule has 2 rings (SSSR count). The van der Waals surface area contributed by atoms with Gasteiger partial charge >= 0.3 is 5.97 Å². The molecule has 0 spiro atoms. The molecular formula is C23H29NO4. The zero-order chi connectivity index (χ0) is 20.2. The van der Waals surface area contributed by atoms with Gasteiger partial charge < -0.3 is 9.64 Å². The van der Waals surface area contributed by atoms with Crippen LogP contribution in [0.3, 0.4) is 0 Å². The fourth-order valence-corrected chi connectivity index (χ4v) is 3.17.